The molecule has 3 rings (SSSR count). The molecule has 1 atom stereocenters. The molecule has 0 aromatic heterocycles. The van der Waals surface area contributed by atoms with Gasteiger partial charge in [0.1, 0.15) is 5.75 Å². The van der Waals surface area contributed by atoms with Gasteiger partial charge in [-0.2, -0.15) is 0 Å². The summed E-state index contributed by atoms with van der Waals surface area (Å²) in [6.45, 7) is 0. The quantitative estimate of drug-likeness (QED) is 0.143. The molecular formula is C22H22ClN3O6. The molecule has 0 amide bonds. The number of nitrogens with zero attached hydrogens (tertiary/aromatic N) is 1. The number of carboxylic acids is 1. The minimum absolute atomic E-state index is 0. The van der Waals surface area contributed by atoms with Crippen molar-refractivity contribution in [2.75, 3.05) is 5.73 Å². The number of rotatable bonds is 6. The number of aliphatic carboxylic acids is 1. The highest BCUT2D eigenvalue weighted by Gasteiger charge is 2.42. The maximum atomic E-state index is 12.4. The summed E-state index contributed by atoms with van der Waals surface area (Å²) in [5, 5.41) is 28.7. The number of carbonyl (C=O) groups excluding carboxylic acids is 1. The summed E-state index contributed by atoms with van der Waals surface area (Å²) < 4.78 is 0. The number of carboxylic acid groups (broad SMARTS) is 1. The van der Waals surface area contributed by atoms with E-state index >= 15 is 0 Å². The van der Waals surface area contributed by atoms with Gasteiger partial charge in [-0.25, -0.2) is 4.79 Å². The number of nitro groups is 1. The lowest BCUT2D eigenvalue weighted by atomic mass is 9.84. The summed E-state index contributed by atoms with van der Waals surface area (Å²) >= 11 is 0. The normalized spacial score (nSPS) is 11.7. The Kier molecular flexibility index (Phi) is 9.33. The number of ketones is 1. The number of nitrogens with two attached hydrogens (primary N) is 2. The van der Waals surface area contributed by atoms with Gasteiger partial charge in [0.15, 0.2) is 11.3 Å². The number of nitrogen functional groups attached to an aromatic ring is 1. The topological polar surface area (TPSA) is 170 Å². The van der Waals surface area contributed by atoms with E-state index in [4.69, 9.17) is 11.5 Å². The van der Waals surface area contributed by atoms with Crippen molar-refractivity contribution < 1.29 is 24.7 Å². The fourth-order valence-electron chi connectivity index (χ4n) is 2.63. The smallest absolute Gasteiger partial charge is 0.332 e. The summed E-state index contributed by atoms with van der Waals surface area (Å²) in [4.78, 5) is 33.6. The van der Waals surface area contributed by atoms with Crippen LogP contribution in [0.1, 0.15) is 15.9 Å². The molecule has 0 fully saturated rings. The van der Waals surface area contributed by atoms with E-state index in [1.54, 1.807) is 18.2 Å². The van der Waals surface area contributed by atoms with Crippen LogP contribution in [0.4, 0.5) is 11.4 Å². The average molecular weight is 460 g/mol. The Morgan fingerprint density at radius 1 is 0.938 bits per heavy atom. The number of hydrogen-bond acceptors (Lipinski definition) is 7. The van der Waals surface area contributed by atoms with Crippen LogP contribution in [0, 0.1) is 10.1 Å². The van der Waals surface area contributed by atoms with Gasteiger partial charge in [0.25, 0.3) is 5.69 Å². The monoisotopic (exact) mass is 459 g/mol. The van der Waals surface area contributed by atoms with Crippen molar-refractivity contribution in [3.8, 4) is 5.75 Å². The zero-order chi connectivity index (χ0) is 23.0. The Morgan fingerprint density at radius 3 is 1.94 bits per heavy atom. The third kappa shape index (κ3) is 6.79. The minimum atomic E-state index is -2.04. The summed E-state index contributed by atoms with van der Waals surface area (Å²) in [6.07, 6.45) is -0.156. The second kappa shape index (κ2) is 11.4. The van der Waals surface area contributed by atoms with Crippen LogP contribution >= 0.6 is 12.4 Å². The van der Waals surface area contributed by atoms with Crippen LogP contribution in [-0.4, -0.2) is 32.4 Å². The summed E-state index contributed by atoms with van der Waals surface area (Å²) in [5.41, 5.74) is 10.5. The maximum absolute atomic E-state index is 12.4. The number of carbonyl (C=O) groups is 2. The van der Waals surface area contributed by atoms with E-state index in [0.29, 0.717) is 11.3 Å². The van der Waals surface area contributed by atoms with Gasteiger partial charge in [-0.3, -0.25) is 14.9 Å². The summed E-state index contributed by atoms with van der Waals surface area (Å²) in [6, 6.07) is 19.8. The molecule has 32 heavy (non-hydrogen) atoms. The third-order valence-electron chi connectivity index (χ3n) is 4.35. The fourth-order valence-corrected chi connectivity index (χ4v) is 2.63. The van der Waals surface area contributed by atoms with Crippen LogP contribution in [0.5, 0.6) is 5.75 Å². The zero-order valence-electron chi connectivity index (χ0n) is 16.8. The highest BCUT2D eigenvalue weighted by molar-refractivity contribution is 6.16. The Bertz CT molecular complexity index is 1060. The second-order valence-corrected chi connectivity index (χ2v) is 6.66. The van der Waals surface area contributed by atoms with Crippen LogP contribution in [-0.2, 0) is 11.2 Å². The number of hydrogen-bond donors (Lipinski definition) is 4. The lowest BCUT2D eigenvalue weighted by Gasteiger charge is -2.23. The van der Waals surface area contributed by atoms with Gasteiger partial charge in [-0.05, 0) is 29.8 Å². The Morgan fingerprint density at radius 2 is 1.47 bits per heavy atom. The van der Waals surface area contributed by atoms with Gasteiger partial charge in [0, 0.05) is 29.8 Å². The second-order valence-electron chi connectivity index (χ2n) is 6.66. The predicted molar refractivity (Wildman–Crippen MR) is 122 cm³/mol. The van der Waals surface area contributed by atoms with Crippen LogP contribution in [0.3, 0.4) is 0 Å². The van der Waals surface area contributed by atoms with E-state index < -0.39 is 22.2 Å². The Labute approximate surface area is 189 Å². The van der Waals surface area contributed by atoms with E-state index in [9.17, 15) is 29.9 Å². The van der Waals surface area contributed by atoms with Crippen molar-refractivity contribution in [1.82, 2.24) is 0 Å². The van der Waals surface area contributed by atoms with Gasteiger partial charge in [-0.1, -0.05) is 42.5 Å². The molecule has 0 aliphatic rings. The molecule has 1 unspecified atom stereocenters. The number of phenolic OH excluding ortho intramolecular Hbond substituents is 1. The first-order valence-electron chi connectivity index (χ1n) is 9.03. The first kappa shape index (κ1) is 26.1. The van der Waals surface area contributed by atoms with Crippen molar-refractivity contribution in [1.29, 1.82) is 0 Å². The third-order valence-corrected chi connectivity index (χ3v) is 4.35. The largest absolute Gasteiger partial charge is 0.508 e. The first-order valence-corrected chi connectivity index (χ1v) is 9.03. The van der Waals surface area contributed by atoms with E-state index in [1.807, 2.05) is 0 Å². The van der Waals surface area contributed by atoms with Crippen molar-refractivity contribution >= 4 is 35.5 Å². The standard InChI is InChI=1S/C16H15NO4.C6H6N2O2.ClH/c17-16(15(20)21,10-11-6-8-13(18)9-7-11)14(19)12-4-2-1-3-5-12;7-5-1-3-6(4-2-5)8(9)10;/h1-9,18H,10,17H2,(H,20,21);1-4H,7H2;1H. The van der Waals surface area contributed by atoms with Gasteiger partial charge < -0.3 is 21.7 Å². The number of Topliss-reactive ketones (excluding diaryl/α,β-unsaturated/α-hetero) is 1. The van der Waals surface area contributed by atoms with Crippen molar-refractivity contribution in [2.45, 2.75) is 12.0 Å². The molecule has 0 heterocycles. The highest BCUT2D eigenvalue weighted by atomic mass is 35.5. The van der Waals surface area contributed by atoms with Crippen LogP contribution in [0.2, 0.25) is 0 Å². The molecule has 9 nitrogen and oxygen atoms in total. The van der Waals surface area contributed by atoms with Gasteiger partial charge in [0.05, 0.1) is 4.92 Å². The van der Waals surface area contributed by atoms with Crippen molar-refractivity contribution in [3.63, 3.8) is 0 Å². The highest BCUT2D eigenvalue weighted by Crippen LogP contribution is 2.19. The number of benzene rings is 3. The SMILES string of the molecule is Cl.NC(Cc1ccc(O)cc1)(C(=O)O)C(=O)c1ccccc1.Nc1ccc([N+](=O)[O-])cc1. The van der Waals surface area contributed by atoms with Crippen LogP contribution in [0.25, 0.3) is 0 Å². The van der Waals surface area contributed by atoms with Crippen molar-refractivity contribution in [2.24, 2.45) is 5.73 Å². The number of phenols is 1. The maximum Gasteiger partial charge on any atom is 0.332 e. The molecule has 0 spiro atoms. The molecule has 0 aliphatic carbocycles. The van der Waals surface area contributed by atoms with Crippen LogP contribution in [0.15, 0.2) is 78.9 Å². The van der Waals surface area contributed by atoms with E-state index in [-0.39, 0.29) is 35.8 Å². The number of non-ortho nitro benzene ring substituents is 1. The number of aromatic hydroxyl groups is 1. The molecule has 0 saturated heterocycles. The van der Waals surface area contributed by atoms with Gasteiger partial charge in [0.2, 0.25) is 0 Å². The molecule has 3 aromatic rings. The lowest BCUT2D eigenvalue weighted by Crippen LogP contribution is -2.56. The van der Waals surface area contributed by atoms with E-state index in [2.05, 4.69) is 0 Å². The molecule has 168 valence electrons. The van der Waals surface area contributed by atoms with Crippen LogP contribution < -0.4 is 11.5 Å². The van der Waals surface area contributed by atoms with E-state index in [1.165, 1.54) is 60.7 Å². The molecule has 0 saturated carbocycles. The van der Waals surface area contributed by atoms with Gasteiger partial charge in [-0.15, -0.1) is 12.4 Å². The van der Waals surface area contributed by atoms with Gasteiger partial charge >= 0.3 is 5.97 Å². The number of anilines is 1. The lowest BCUT2D eigenvalue weighted by molar-refractivity contribution is -0.384. The number of nitro benzene ring substituents is 1. The molecule has 6 N–H and O–H groups in total. The average Bonchev–Trinajstić information content (AvgIpc) is 2.76. The molecule has 3 aromatic carbocycles. The Hall–Kier alpha value is -3.95. The Balaban J connectivity index is 0.000000393. The van der Waals surface area contributed by atoms with Crippen molar-refractivity contribution in [3.05, 3.63) is 100 Å². The molecule has 0 radical (unpaired) electrons. The number of halogens is 1. The first-order chi connectivity index (χ1) is 14.6. The minimum Gasteiger partial charge on any atom is -0.508 e. The summed E-state index contributed by atoms with van der Waals surface area (Å²) in [5.74, 6) is -1.97. The van der Waals surface area contributed by atoms with E-state index in [0.717, 1.165) is 0 Å². The molecule has 0 aliphatic heterocycles. The molecular weight excluding hydrogens is 438 g/mol. The molecule has 0 bridgehead atoms. The zero-order valence-corrected chi connectivity index (χ0v) is 17.6. The predicted octanol–water partition coefficient (Wildman–Crippen LogP) is 3.20. The fraction of sp³-hybridized carbons (Fsp3) is 0.0909. The summed E-state index contributed by atoms with van der Waals surface area (Å²) in [7, 11) is 0. The molecule has 10 heteroatoms.